The lowest BCUT2D eigenvalue weighted by Gasteiger charge is -2.10. The lowest BCUT2D eigenvalue weighted by molar-refractivity contribution is 0.282. The van der Waals surface area contributed by atoms with Gasteiger partial charge in [0.05, 0.1) is 13.7 Å². The summed E-state index contributed by atoms with van der Waals surface area (Å²) in [6.07, 6.45) is 0. The number of aryl methyl sites for hydroxylation is 2. The monoisotopic (exact) mass is 261 g/mol. The maximum absolute atomic E-state index is 5.78. The molecule has 2 aromatic rings. The van der Waals surface area contributed by atoms with E-state index >= 15 is 0 Å². The average molecular weight is 261 g/mol. The summed E-state index contributed by atoms with van der Waals surface area (Å²) in [4.78, 5) is 0. The van der Waals surface area contributed by atoms with Crippen molar-refractivity contribution in [2.45, 2.75) is 27.0 Å². The number of furan rings is 1. The van der Waals surface area contributed by atoms with Crippen LogP contribution in [0.15, 0.2) is 28.7 Å². The Morgan fingerprint density at radius 2 is 1.95 bits per heavy atom. The van der Waals surface area contributed by atoms with E-state index in [2.05, 4.69) is 0 Å². The maximum Gasteiger partial charge on any atom is 0.161 e. The van der Waals surface area contributed by atoms with Crippen LogP contribution in [0.25, 0.3) is 0 Å². The normalized spacial score (nSPS) is 10.5. The first-order valence-electron chi connectivity index (χ1n) is 6.19. The van der Waals surface area contributed by atoms with Gasteiger partial charge in [-0.3, -0.25) is 0 Å². The van der Waals surface area contributed by atoms with Crippen molar-refractivity contribution in [1.82, 2.24) is 0 Å². The van der Waals surface area contributed by atoms with E-state index in [9.17, 15) is 0 Å². The van der Waals surface area contributed by atoms with Gasteiger partial charge in [-0.05, 0) is 37.6 Å². The molecule has 0 saturated heterocycles. The molecular weight excluding hydrogens is 242 g/mol. The molecule has 0 radical (unpaired) electrons. The van der Waals surface area contributed by atoms with E-state index < -0.39 is 0 Å². The van der Waals surface area contributed by atoms with Crippen LogP contribution in [0.1, 0.15) is 22.6 Å². The Balaban J connectivity index is 2.11. The predicted octanol–water partition coefficient (Wildman–Crippen LogP) is 2.94. The lowest BCUT2D eigenvalue weighted by atomic mass is 10.2. The summed E-state index contributed by atoms with van der Waals surface area (Å²) in [5.74, 6) is 3.07. The van der Waals surface area contributed by atoms with Crippen molar-refractivity contribution in [2.75, 3.05) is 7.11 Å². The van der Waals surface area contributed by atoms with E-state index in [1.807, 2.05) is 38.1 Å². The Hall–Kier alpha value is -1.94. The molecule has 0 spiro atoms. The molecule has 0 atom stereocenters. The highest BCUT2D eigenvalue weighted by Gasteiger charge is 2.09. The molecule has 0 aliphatic carbocycles. The minimum atomic E-state index is 0.398. The first-order chi connectivity index (χ1) is 9.13. The fraction of sp³-hybridized carbons (Fsp3) is 0.333. The Labute approximate surface area is 113 Å². The molecule has 0 fully saturated rings. The second-order valence-electron chi connectivity index (χ2n) is 4.44. The van der Waals surface area contributed by atoms with Gasteiger partial charge in [-0.1, -0.05) is 6.07 Å². The second-order valence-corrected chi connectivity index (χ2v) is 4.44. The third kappa shape index (κ3) is 3.09. The summed E-state index contributed by atoms with van der Waals surface area (Å²) in [5, 5.41) is 0. The van der Waals surface area contributed by atoms with Gasteiger partial charge in [0.1, 0.15) is 18.1 Å². The smallest absolute Gasteiger partial charge is 0.161 e. The van der Waals surface area contributed by atoms with Crippen LogP contribution in [-0.2, 0) is 13.2 Å². The molecule has 0 aliphatic heterocycles. The van der Waals surface area contributed by atoms with Gasteiger partial charge in [-0.25, -0.2) is 0 Å². The molecule has 4 heteroatoms. The zero-order valence-electron chi connectivity index (χ0n) is 11.5. The second kappa shape index (κ2) is 5.80. The number of ether oxygens (including phenoxy) is 2. The van der Waals surface area contributed by atoms with Crippen LogP contribution in [0.2, 0.25) is 0 Å². The highest BCUT2D eigenvalue weighted by atomic mass is 16.5. The van der Waals surface area contributed by atoms with Gasteiger partial charge in [-0.15, -0.1) is 0 Å². The molecule has 1 aromatic carbocycles. The van der Waals surface area contributed by atoms with Crippen LogP contribution in [-0.4, -0.2) is 7.11 Å². The van der Waals surface area contributed by atoms with E-state index in [-0.39, 0.29) is 0 Å². The first kappa shape index (κ1) is 13.5. The van der Waals surface area contributed by atoms with Crippen LogP contribution >= 0.6 is 0 Å². The Bertz CT molecular complexity index is 561. The lowest BCUT2D eigenvalue weighted by Crippen LogP contribution is -1.98. The van der Waals surface area contributed by atoms with Gasteiger partial charge in [0.25, 0.3) is 0 Å². The zero-order valence-corrected chi connectivity index (χ0v) is 11.5. The summed E-state index contributed by atoms with van der Waals surface area (Å²) in [6.45, 7) is 4.76. The molecule has 1 heterocycles. The molecule has 0 unspecified atom stereocenters. The number of hydrogen-bond acceptors (Lipinski definition) is 4. The van der Waals surface area contributed by atoms with Crippen molar-refractivity contribution in [3.8, 4) is 11.5 Å². The summed E-state index contributed by atoms with van der Waals surface area (Å²) in [7, 11) is 1.64. The Kier molecular flexibility index (Phi) is 4.12. The number of benzene rings is 1. The Morgan fingerprint density at radius 3 is 2.58 bits per heavy atom. The van der Waals surface area contributed by atoms with E-state index in [0.29, 0.717) is 13.2 Å². The largest absolute Gasteiger partial charge is 0.493 e. The van der Waals surface area contributed by atoms with Crippen molar-refractivity contribution in [3.05, 3.63) is 46.9 Å². The third-order valence-corrected chi connectivity index (χ3v) is 2.98. The molecule has 0 saturated carbocycles. The van der Waals surface area contributed by atoms with Gasteiger partial charge in [0, 0.05) is 5.56 Å². The summed E-state index contributed by atoms with van der Waals surface area (Å²) in [5.41, 5.74) is 7.68. The van der Waals surface area contributed by atoms with E-state index in [4.69, 9.17) is 19.6 Å². The molecule has 102 valence electrons. The zero-order chi connectivity index (χ0) is 13.8. The van der Waals surface area contributed by atoms with Crippen molar-refractivity contribution in [2.24, 2.45) is 5.73 Å². The molecule has 1 aromatic heterocycles. The van der Waals surface area contributed by atoms with Crippen LogP contribution in [0.5, 0.6) is 11.5 Å². The summed E-state index contributed by atoms with van der Waals surface area (Å²) in [6, 6.07) is 7.78. The number of methoxy groups -OCH3 is 1. The van der Waals surface area contributed by atoms with Crippen LogP contribution in [0.3, 0.4) is 0 Å². The minimum absolute atomic E-state index is 0.398. The highest BCUT2D eigenvalue weighted by Crippen LogP contribution is 2.29. The SMILES string of the molecule is COc1cc(C)ccc1OCc1cc(CN)oc1C. The van der Waals surface area contributed by atoms with Gasteiger partial charge in [0.2, 0.25) is 0 Å². The molecular formula is C15H19NO3. The number of rotatable bonds is 5. The Morgan fingerprint density at radius 1 is 1.16 bits per heavy atom. The molecule has 0 aliphatic rings. The average Bonchev–Trinajstić information content (AvgIpc) is 2.78. The van der Waals surface area contributed by atoms with Crippen LogP contribution in [0, 0.1) is 13.8 Å². The van der Waals surface area contributed by atoms with Gasteiger partial charge in [0.15, 0.2) is 11.5 Å². The molecule has 4 nitrogen and oxygen atoms in total. The first-order valence-corrected chi connectivity index (χ1v) is 6.19. The fourth-order valence-electron chi connectivity index (χ4n) is 1.88. The van der Waals surface area contributed by atoms with E-state index in [0.717, 1.165) is 34.1 Å². The topological polar surface area (TPSA) is 57.6 Å². The van der Waals surface area contributed by atoms with Crippen molar-refractivity contribution in [3.63, 3.8) is 0 Å². The maximum atomic E-state index is 5.78. The van der Waals surface area contributed by atoms with Crippen LogP contribution < -0.4 is 15.2 Å². The highest BCUT2D eigenvalue weighted by molar-refractivity contribution is 5.42. The van der Waals surface area contributed by atoms with Crippen molar-refractivity contribution >= 4 is 0 Å². The van der Waals surface area contributed by atoms with Crippen LogP contribution in [0.4, 0.5) is 0 Å². The quantitative estimate of drug-likeness (QED) is 0.899. The standard InChI is InChI=1S/C15H19NO3/c1-10-4-5-14(15(6-10)17-3)18-9-12-7-13(8-16)19-11(12)2/h4-7H,8-9,16H2,1-3H3. The predicted molar refractivity (Wildman–Crippen MR) is 73.4 cm³/mol. The van der Waals surface area contributed by atoms with E-state index in [1.54, 1.807) is 7.11 Å². The molecule has 2 rings (SSSR count). The van der Waals surface area contributed by atoms with Gasteiger partial charge in [-0.2, -0.15) is 0 Å². The minimum Gasteiger partial charge on any atom is -0.493 e. The molecule has 2 N–H and O–H groups in total. The summed E-state index contributed by atoms with van der Waals surface area (Å²) >= 11 is 0. The fourth-order valence-corrected chi connectivity index (χ4v) is 1.88. The number of nitrogens with two attached hydrogens (primary N) is 1. The molecule has 19 heavy (non-hydrogen) atoms. The molecule has 0 amide bonds. The van der Waals surface area contributed by atoms with Gasteiger partial charge < -0.3 is 19.6 Å². The van der Waals surface area contributed by atoms with E-state index in [1.165, 1.54) is 0 Å². The molecule has 0 bridgehead atoms. The van der Waals surface area contributed by atoms with Gasteiger partial charge >= 0.3 is 0 Å². The summed E-state index contributed by atoms with van der Waals surface area (Å²) < 4.78 is 16.6. The third-order valence-electron chi connectivity index (χ3n) is 2.98. The van der Waals surface area contributed by atoms with Crippen molar-refractivity contribution in [1.29, 1.82) is 0 Å². The van der Waals surface area contributed by atoms with Crippen molar-refractivity contribution < 1.29 is 13.9 Å². The number of hydrogen-bond donors (Lipinski definition) is 1.